The second-order valence-corrected chi connectivity index (χ2v) is 10.2. The fourth-order valence-corrected chi connectivity index (χ4v) is 5.71. The number of hydrogen-bond donors (Lipinski definition) is 0. The number of hydrogen-bond acceptors (Lipinski definition) is 2. The standard InChI is InChI=1S/C37H28N2/c1-3-29-18-19-34-35(23-28-17-16-24(2)38-36(28)37(34)39-29)27-13-9-12-26(22-27)31-21-20-30(25-10-5-4-6-11-25)32-14-7-8-15-33(31)32/h4-23H,3H2,1-2H3. The van der Waals surface area contributed by atoms with Gasteiger partial charge in [-0.15, -0.1) is 0 Å². The number of aromatic nitrogens is 2. The van der Waals surface area contributed by atoms with E-state index in [0.29, 0.717) is 0 Å². The SMILES string of the molecule is CCc1ccc2c(-c3cccc(-c4ccc(-c5ccccc5)c5ccccc45)c3)cc3ccc(C)nc3c2n1. The lowest BCUT2D eigenvalue weighted by atomic mass is 9.90. The van der Waals surface area contributed by atoms with Gasteiger partial charge in [-0.3, -0.25) is 9.97 Å². The summed E-state index contributed by atoms with van der Waals surface area (Å²) in [6, 6.07) is 43.7. The van der Waals surface area contributed by atoms with E-state index in [-0.39, 0.29) is 0 Å². The third kappa shape index (κ3) is 4.06. The van der Waals surface area contributed by atoms with E-state index in [1.165, 1.54) is 44.2 Å². The lowest BCUT2D eigenvalue weighted by Crippen LogP contribution is -1.94. The van der Waals surface area contributed by atoms with Gasteiger partial charge in [0.25, 0.3) is 0 Å². The van der Waals surface area contributed by atoms with E-state index in [9.17, 15) is 0 Å². The minimum atomic E-state index is 0.898. The highest BCUT2D eigenvalue weighted by atomic mass is 14.8. The molecule has 0 bridgehead atoms. The minimum Gasteiger partial charge on any atom is -0.251 e. The van der Waals surface area contributed by atoms with Crippen LogP contribution in [-0.2, 0) is 6.42 Å². The predicted octanol–water partition coefficient (Wildman–Crippen LogP) is 9.81. The summed E-state index contributed by atoms with van der Waals surface area (Å²) in [7, 11) is 0. The molecule has 0 saturated heterocycles. The molecule has 7 rings (SSSR count). The van der Waals surface area contributed by atoms with Crippen LogP contribution in [0.4, 0.5) is 0 Å². The minimum absolute atomic E-state index is 0.898. The lowest BCUT2D eigenvalue weighted by Gasteiger charge is -2.15. The third-order valence-electron chi connectivity index (χ3n) is 7.69. The molecule has 0 unspecified atom stereocenters. The molecule has 0 radical (unpaired) electrons. The maximum absolute atomic E-state index is 5.05. The highest BCUT2D eigenvalue weighted by Gasteiger charge is 2.14. The van der Waals surface area contributed by atoms with Crippen LogP contribution in [0, 0.1) is 6.92 Å². The van der Waals surface area contributed by atoms with Crippen molar-refractivity contribution in [2.75, 3.05) is 0 Å². The maximum Gasteiger partial charge on any atom is 0.0974 e. The van der Waals surface area contributed by atoms with Crippen LogP contribution < -0.4 is 0 Å². The van der Waals surface area contributed by atoms with E-state index in [4.69, 9.17) is 9.97 Å². The summed E-state index contributed by atoms with van der Waals surface area (Å²) in [6.45, 7) is 4.19. The van der Waals surface area contributed by atoms with E-state index in [2.05, 4.69) is 128 Å². The Morgan fingerprint density at radius 3 is 1.90 bits per heavy atom. The first-order valence-corrected chi connectivity index (χ1v) is 13.6. The molecule has 2 nitrogen and oxygen atoms in total. The fraction of sp³-hybridized carbons (Fsp3) is 0.0811. The van der Waals surface area contributed by atoms with Crippen molar-refractivity contribution in [3.63, 3.8) is 0 Å². The molecule has 39 heavy (non-hydrogen) atoms. The predicted molar refractivity (Wildman–Crippen MR) is 165 cm³/mol. The van der Waals surface area contributed by atoms with Gasteiger partial charge in [-0.1, -0.05) is 104 Å². The number of rotatable bonds is 4. The van der Waals surface area contributed by atoms with Crippen LogP contribution in [0.15, 0.2) is 121 Å². The Kier molecular flexibility index (Phi) is 5.67. The smallest absolute Gasteiger partial charge is 0.0974 e. The van der Waals surface area contributed by atoms with Crippen LogP contribution >= 0.6 is 0 Å². The third-order valence-corrected chi connectivity index (χ3v) is 7.69. The molecule has 0 fully saturated rings. The molecule has 5 aromatic carbocycles. The quantitative estimate of drug-likeness (QED) is 0.225. The van der Waals surface area contributed by atoms with Crippen molar-refractivity contribution >= 4 is 32.6 Å². The van der Waals surface area contributed by atoms with Gasteiger partial charge in [0.05, 0.1) is 11.0 Å². The summed E-state index contributed by atoms with van der Waals surface area (Å²) in [6.07, 6.45) is 0.898. The summed E-state index contributed by atoms with van der Waals surface area (Å²) >= 11 is 0. The van der Waals surface area contributed by atoms with Gasteiger partial charge in [-0.2, -0.15) is 0 Å². The van der Waals surface area contributed by atoms with Crippen LogP contribution in [0.3, 0.4) is 0 Å². The molecule has 2 heterocycles. The van der Waals surface area contributed by atoms with E-state index in [0.717, 1.165) is 39.6 Å². The molecular weight excluding hydrogens is 472 g/mol. The molecule has 2 heteroatoms. The zero-order valence-electron chi connectivity index (χ0n) is 22.1. The van der Waals surface area contributed by atoms with E-state index in [1.54, 1.807) is 0 Å². The van der Waals surface area contributed by atoms with Gasteiger partial charge >= 0.3 is 0 Å². The Labute approximate surface area is 228 Å². The van der Waals surface area contributed by atoms with Gasteiger partial charge in [0.2, 0.25) is 0 Å². The van der Waals surface area contributed by atoms with Gasteiger partial charge in [0, 0.05) is 22.2 Å². The van der Waals surface area contributed by atoms with Crippen molar-refractivity contribution < 1.29 is 0 Å². The lowest BCUT2D eigenvalue weighted by molar-refractivity contribution is 1.06. The van der Waals surface area contributed by atoms with E-state index < -0.39 is 0 Å². The van der Waals surface area contributed by atoms with Crippen molar-refractivity contribution in [3.05, 3.63) is 133 Å². The molecule has 0 aliphatic carbocycles. The Morgan fingerprint density at radius 1 is 0.487 bits per heavy atom. The first kappa shape index (κ1) is 23.3. The topological polar surface area (TPSA) is 25.8 Å². The molecule has 7 aromatic rings. The van der Waals surface area contributed by atoms with Crippen LogP contribution in [0.1, 0.15) is 18.3 Å². The second-order valence-electron chi connectivity index (χ2n) is 10.2. The number of benzene rings is 5. The average molecular weight is 501 g/mol. The van der Waals surface area contributed by atoms with Crippen LogP contribution in [-0.4, -0.2) is 9.97 Å². The number of pyridine rings is 2. The van der Waals surface area contributed by atoms with Crippen LogP contribution in [0.5, 0.6) is 0 Å². The second kappa shape index (κ2) is 9.49. The van der Waals surface area contributed by atoms with Crippen molar-refractivity contribution in [3.8, 4) is 33.4 Å². The average Bonchev–Trinajstić information content (AvgIpc) is 3.00. The van der Waals surface area contributed by atoms with Crippen molar-refractivity contribution in [2.45, 2.75) is 20.3 Å². The Balaban J connectivity index is 1.44. The zero-order chi connectivity index (χ0) is 26.3. The molecule has 0 N–H and O–H groups in total. The Morgan fingerprint density at radius 2 is 1.15 bits per heavy atom. The van der Waals surface area contributed by atoms with Crippen molar-refractivity contribution in [1.29, 1.82) is 0 Å². The molecule has 0 atom stereocenters. The summed E-state index contributed by atoms with van der Waals surface area (Å²) in [5, 5.41) is 4.78. The molecule has 186 valence electrons. The first-order chi connectivity index (χ1) is 19.2. The van der Waals surface area contributed by atoms with Crippen LogP contribution in [0.25, 0.3) is 66.0 Å². The van der Waals surface area contributed by atoms with Gasteiger partial charge in [0.1, 0.15) is 0 Å². The molecule has 2 aromatic heterocycles. The molecule has 0 aliphatic heterocycles. The maximum atomic E-state index is 5.05. The highest BCUT2D eigenvalue weighted by Crippen LogP contribution is 2.39. The molecule has 0 saturated carbocycles. The number of nitrogens with zero attached hydrogens (tertiary/aromatic N) is 2. The van der Waals surface area contributed by atoms with Gasteiger partial charge < -0.3 is 0 Å². The Hall–Kier alpha value is -4.82. The summed E-state index contributed by atoms with van der Waals surface area (Å²) in [5.41, 5.74) is 11.4. The molecule has 0 spiro atoms. The summed E-state index contributed by atoms with van der Waals surface area (Å²) < 4.78 is 0. The molecule has 0 amide bonds. The van der Waals surface area contributed by atoms with E-state index >= 15 is 0 Å². The normalized spacial score (nSPS) is 11.4. The largest absolute Gasteiger partial charge is 0.251 e. The van der Waals surface area contributed by atoms with Gasteiger partial charge in [0.15, 0.2) is 0 Å². The van der Waals surface area contributed by atoms with Crippen molar-refractivity contribution in [2.24, 2.45) is 0 Å². The summed E-state index contributed by atoms with van der Waals surface area (Å²) in [4.78, 5) is 9.93. The molecular formula is C37H28N2. The summed E-state index contributed by atoms with van der Waals surface area (Å²) in [5.74, 6) is 0. The number of aryl methyl sites for hydroxylation is 2. The van der Waals surface area contributed by atoms with Gasteiger partial charge in [-0.25, -0.2) is 0 Å². The van der Waals surface area contributed by atoms with Crippen LogP contribution in [0.2, 0.25) is 0 Å². The Bertz CT molecular complexity index is 2000. The first-order valence-electron chi connectivity index (χ1n) is 13.6. The monoisotopic (exact) mass is 500 g/mol. The van der Waals surface area contributed by atoms with Crippen molar-refractivity contribution in [1.82, 2.24) is 9.97 Å². The highest BCUT2D eigenvalue weighted by molar-refractivity contribution is 6.11. The zero-order valence-corrected chi connectivity index (χ0v) is 22.1. The van der Waals surface area contributed by atoms with Gasteiger partial charge in [-0.05, 0) is 81.8 Å². The fourth-order valence-electron chi connectivity index (χ4n) is 5.71. The number of fused-ring (bicyclic) bond motifs is 4. The molecule has 0 aliphatic rings. The van der Waals surface area contributed by atoms with E-state index in [1.807, 2.05) is 6.92 Å².